The number of aromatic nitrogens is 1. The summed E-state index contributed by atoms with van der Waals surface area (Å²) in [6, 6.07) is 9.18. The summed E-state index contributed by atoms with van der Waals surface area (Å²) < 4.78 is 29.7. The molecule has 1 aromatic heterocycles. The van der Waals surface area contributed by atoms with Gasteiger partial charge in [0.05, 0.1) is 29.3 Å². The van der Waals surface area contributed by atoms with Crippen molar-refractivity contribution in [3.8, 4) is 11.8 Å². The summed E-state index contributed by atoms with van der Waals surface area (Å²) >= 11 is 4.74. The molecule has 0 spiro atoms. The lowest BCUT2D eigenvalue weighted by molar-refractivity contribution is -0.0964. The van der Waals surface area contributed by atoms with Gasteiger partial charge in [-0.05, 0) is 43.2 Å². The Hall–Kier alpha value is -3.16. The van der Waals surface area contributed by atoms with Crippen LogP contribution in [0, 0.1) is 17.2 Å². The van der Waals surface area contributed by atoms with Gasteiger partial charge in [0.1, 0.15) is 5.75 Å². The van der Waals surface area contributed by atoms with E-state index in [9.17, 15) is 18.7 Å². The van der Waals surface area contributed by atoms with Crippen LogP contribution in [0.4, 0.5) is 26.0 Å². The Morgan fingerprint density at radius 2 is 2.12 bits per heavy atom. The zero-order valence-electron chi connectivity index (χ0n) is 16.8. The number of alkyl halides is 3. The number of nitrogens with one attached hydrogen (secondary N) is 2. The monoisotopic (exact) mass is 463 g/mol. The van der Waals surface area contributed by atoms with Gasteiger partial charge in [0.25, 0.3) is 5.91 Å². The molecule has 2 unspecified atom stereocenters. The predicted octanol–water partition coefficient (Wildman–Crippen LogP) is 3.40. The van der Waals surface area contributed by atoms with Crippen molar-refractivity contribution in [1.29, 1.82) is 5.26 Å². The third-order valence-electron chi connectivity index (χ3n) is 5.23. The van der Waals surface area contributed by atoms with E-state index in [1.54, 1.807) is 6.07 Å². The van der Waals surface area contributed by atoms with E-state index in [0.29, 0.717) is 43.1 Å². The van der Waals surface area contributed by atoms with Crippen LogP contribution in [0.25, 0.3) is 0 Å². The van der Waals surface area contributed by atoms with E-state index >= 15 is 0 Å². The first-order valence-electron chi connectivity index (χ1n) is 9.98. The Bertz CT molecular complexity index is 1040. The van der Waals surface area contributed by atoms with Gasteiger partial charge >= 0.3 is 5.57 Å². The number of carbonyl (C=O) groups is 1. The molecule has 8 nitrogen and oxygen atoms in total. The van der Waals surface area contributed by atoms with Crippen molar-refractivity contribution in [2.24, 2.45) is 5.92 Å². The molecular formula is C21H20ClF2N5O3. The smallest absolute Gasteiger partial charge is 0.420 e. The number of anilines is 3. The number of aliphatic hydroxyl groups excluding tert-OH is 1. The van der Waals surface area contributed by atoms with Crippen molar-refractivity contribution >= 4 is 34.7 Å². The number of nitrogens with zero attached hydrogens (tertiary/aromatic N) is 3. The second-order valence-electron chi connectivity index (χ2n) is 7.73. The van der Waals surface area contributed by atoms with Gasteiger partial charge in [0.2, 0.25) is 0 Å². The fraction of sp³-hybridized carbons (Fsp3) is 0.381. The number of nitriles is 1. The van der Waals surface area contributed by atoms with Crippen LogP contribution in [0.2, 0.25) is 0 Å². The Morgan fingerprint density at radius 3 is 2.72 bits per heavy atom. The number of halogens is 3. The highest BCUT2D eigenvalue weighted by atomic mass is 35.5. The average molecular weight is 464 g/mol. The van der Waals surface area contributed by atoms with Gasteiger partial charge in [0.15, 0.2) is 5.82 Å². The van der Waals surface area contributed by atoms with E-state index in [2.05, 4.69) is 26.4 Å². The molecule has 1 amide bonds. The zero-order valence-corrected chi connectivity index (χ0v) is 17.5. The van der Waals surface area contributed by atoms with E-state index in [4.69, 9.17) is 16.9 Å². The van der Waals surface area contributed by atoms with Gasteiger partial charge in [-0.25, -0.2) is 4.98 Å². The van der Waals surface area contributed by atoms with E-state index in [0.717, 1.165) is 0 Å². The van der Waals surface area contributed by atoms with E-state index < -0.39 is 17.6 Å². The molecule has 2 aliphatic rings. The second kappa shape index (κ2) is 8.76. The third kappa shape index (κ3) is 5.36. The molecule has 1 saturated heterocycles. The average Bonchev–Trinajstić information content (AvgIpc) is 3.35. The predicted molar refractivity (Wildman–Crippen MR) is 114 cm³/mol. The molecule has 11 heteroatoms. The minimum atomic E-state index is -3.82. The quantitative estimate of drug-likeness (QED) is 0.540. The number of pyridine rings is 1. The summed E-state index contributed by atoms with van der Waals surface area (Å²) in [6.07, 6.45) is 2.33. The van der Waals surface area contributed by atoms with Crippen molar-refractivity contribution in [3.63, 3.8) is 0 Å². The summed E-state index contributed by atoms with van der Waals surface area (Å²) in [7, 11) is 0. The minimum Gasteiger partial charge on any atom is -0.420 e. The van der Waals surface area contributed by atoms with Crippen LogP contribution in [0.5, 0.6) is 5.75 Å². The fourth-order valence-electron chi connectivity index (χ4n) is 3.51. The van der Waals surface area contributed by atoms with Crippen molar-refractivity contribution in [1.82, 2.24) is 4.98 Å². The molecule has 1 aromatic carbocycles. The molecule has 32 heavy (non-hydrogen) atoms. The number of benzene rings is 1. The number of amides is 1. The summed E-state index contributed by atoms with van der Waals surface area (Å²) in [5.41, 5.74) is -2.56. The number of hydrogen-bond donors (Lipinski definition) is 3. The number of ether oxygens (including phenoxy) is 1. The Morgan fingerprint density at radius 1 is 1.38 bits per heavy atom. The topological polar surface area (TPSA) is 111 Å². The van der Waals surface area contributed by atoms with Gasteiger partial charge in [-0.3, -0.25) is 4.79 Å². The second-order valence-corrected chi connectivity index (χ2v) is 8.17. The van der Waals surface area contributed by atoms with Gasteiger partial charge in [-0.2, -0.15) is 5.26 Å². The highest BCUT2D eigenvalue weighted by Gasteiger charge is 2.38. The maximum absolute atomic E-state index is 12.7. The van der Waals surface area contributed by atoms with Crippen LogP contribution in [-0.2, 0) is 0 Å². The molecule has 1 aliphatic carbocycles. The number of rotatable bonds is 7. The highest BCUT2D eigenvalue weighted by molar-refractivity contribution is 6.20. The molecule has 3 N–H and O–H groups in total. The number of hydrogen-bond acceptors (Lipinski definition) is 7. The molecule has 4 rings (SSSR count). The van der Waals surface area contributed by atoms with Crippen LogP contribution in [0.1, 0.15) is 23.2 Å². The SMILES string of the molecule is N#CC1CC1Nc1cc(C(=O)Nc2ccc(OC(F)(F)Cl)cc2)cnc1N1CC[C@@H](O)C1. The van der Waals surface area contributed by atoms with Gasteiger partial charge in [-0.1, -0.05) is 0 Å². The lowest BCUT2D eigenvalue weighted by Crippen LogP contribution is -2.24. The number of β-amino-alcohol motifs (C(OH)–C–C–N with tert-alkyl or cyclic N) is 1. The standard InChI is InChI=1S/C21H20ClF2N5O3/c22-21(23,24)32-16-3-1-14(2-4-16)27-20(31)13-8-18(28-17-7-12(17)9-25)19(26-10-13)29-6-5-15(30)11-29/h1-4,8,10,12,15,17,28,30H,5-7,11H2,(H,27,31)/t12?,15-,17?/m1/s1. The molecule has 1 saturated carbocycles. The Labute approximate surface area is 187 Å². The Balaban J connectivity index is 1.50. The highest BCUT2D eigenvalue weighted by Crippen LogP contribution is 2.36. The molecule has 2 fully saturated rings. The molecule has 0 radical (unpaired) electrons. The van der Waals surface area contributed by atoms with Gasteiger partial charge in [-0.15, -0.1) is 8.78 Å². The lowest BCUT2D eigenvalue weighted by Gasteiger charge is -2.21. The number of aliphatic hydroxyl groups is 1. The van der Waals surface area contributed by atoms with Crippen LogP contribution < -0.4 is 20.3 Å². The van der Waals surface area contributed by atoms with Crippen LogP contribution >= 0.6 is 11.6 Å². The normalized spacial score (nSPS) is 22.2. The lowest BCUT2D eigenvalue weighted by atomic mass is 10.2. The van der Waals surface area contributed by atoms with Crippen LogP contribution in [-0.4, -0.2) is 46.8 Å². The Kier molecular flexibility index (Phi) is 6.04. The van der Waals surface area contributed by atoms with E-state index in [1.165, 1.54) is 30.5 Å². The molecule has 168 valence electrons. The van der Waals surface area contributed by atoms with Crippen molar-refractivity contribution < 1.29 is 23.4 Å². The summed E-state index contributed by atoms with van der Waals surface area (Å²) in [5, 5.41) is 24.9. The van der Waals surface area contributed by atoms with Gasteiger partial charge in [0, 0.05) is 42.6 Å². The van der Waals surface area contributed by atoms with E-state index in [-0.39, 0.29) is 23.3 Å². The summed E-state index contributed by atoms with van der Waals surface area (Å²) in [5.74, 6) is -0.0712. The first-order valence-corrected chi connectivity index (χ1v) is 10.4. The van der Waals surface area contributed by atoms with Gasteiger partial charge < -0.3 is 25.4 Å². The van der Waals surface area contributed by atoms with Crippen LogP contribution in [0.15, 0.2) is 36.5 Å². The number of carbonyl (C=O) groups excluding carboxylic acids is 1. The fourth-order valence-corrected chi connectivity index (χ4v) is 3.60. The minimum absolute atomic E-state index is 0.0148. The molecule has 1 aliphatic heterocycles. The zero-order chi connectivity index (χ0) is 22.9. The van der Waals surface area contributed by atoms with Crippen molar-refractivity contribution in [3.05, 3.63) is 42.1 Å². The summed E-state index contributed by atoms with van der Waals surface area (Å²) in [6.45, 7) is 1.08. The molecular weight excluding hydrogens is 444 g/mol. The van der Waals surface area contributed by atoms with Crippen molar-refractivity contribution in [2.75, 3.05) is 28.6 Å². The van der Waals surface area contributed by atoms with Crippen molar-refractivity contribution in [2.45, 2.75) is 30.6 Å². The van der Waals surface area contributed by atoms with Crippen LogP contribution in [0.3, 0.4) is 0 Å². The maximum atomic E-state index is 12.7. The molecule has 3 atom stereocenters. The first kappa shape index (κ1) is 22.0. The third-order valence-corrected chi connectivity index (χ3v) is 5.31. The molecule has 2 aromatic rings. The first-order chi connectivity index (χ1) is 15.2. The molecule has 0 bridgehead atoms. The maximum Gasteiger partial charge on any atom is 0.487 e. The molecule has 2 heterocycles. The largest absolute Gasteiger partial charge is 0.487 e. The summed E-state index contributed by atoms with van der Waals surface area (Å²) in [4.78, 5) is 19.1. The van der Waals surface area contributed by atoms with E-state index in [1.807, 2.05) is 4.90 Å².